The number of rotatable bonds is 7. The molecule has 146 valence electrons. The van der Waals surface area contributed by atoms with Crippen molar-refractivity contribution >= 4 is 16.9 Å². The van der Waals surface area contributed by atoms with Crippen LogP contribution in [0.3, 0.4) is 0 Å². The summed E-state index contributed by atoms with van der Waals surface area (Å²) in [4.78, 5) is 23.8. The monoisotopic (exact) mass is 372 g/mol. The number of esters is 1. The van der Waals surface area contributed by atoms with Crippen LogP contribution in [0.4, 0.5) is 0 Å². The molecule has 1 aromatic heterocycles. The van der Waals surface area contributed by atoms with Crippen LogP contribution in [0.1, 0.15) is 52.4 Å². The van der Waals surface area contributed by atoms with Crippen molar-refractivity contribution < 1.29 is 18.7 Å². The van der Waals surface area contributed by atoms with E-state index in [9.17, 15) is 9.59 Å². The van der Waals surface area contributed by atoms with E-state index in [2.05, 4.69) is 0 Å². The lowest BCUT2D eigenvalue weighted by Gasteiger charge is -2.30. The molecular formula is C22H28O5. The van der Waals surface area contributed by atoms with Crippen LogP contribution in [-0.2, 0) is 9.53 Å². The molecule has 1 heterocycles. The smallest absolute Gasteiger partial charge is 0.336 e. The summed E-state index contributed by atoms with van der Waals surface area (Å²) >= 11 is 0. The van der Waals surface area contributed by atoms with Crippen molar-refractivity contribution in [1.29, 1.82) is 0 Å². The third-order valence-electron chi connectivity index (χ3n) is 5.46. The minimum absolute atomic E-state index is 0.0222. The Labute approximate surface area is 159 Å². The van der Waals surface area contributed by atoms with Crippen molar-refractivity contribution in [2.75, 3.05) is 6.61 Å². The molecule has 3 rings (SSSR count). The molecule has 0 saturated heterocycles. The van der Waals surface area contributed by atoms with E-state index >= 15 is 0 Å². The second-order valence-electron chi connectivity index (χ2n) is 7.40. The van der Waals surface area contributed by atoms with Crippen molar-refractivity contribution in [3.63, 3.8) is 0 Å². The zero-order chi connectivity index (χ0) is 19.2. The molecule has 27 heavy (non-hydrogen) atoms. The van der Waals surface area contributed by atoms with Crippen LogP contribution in [0, 0.1) is 11.8 Å². The molecule has 0 N–H and O–H groups in total. The van der Waals surface area contributed by atoms with Crippen molar-refractivity contribution in [2.45, 2.75) is 58.5 Å². The molecule has 3 atom stereocenters. The molecule has 1 fully saturated rings. The second kappa shape index (κ2) is 9.07. The van der Waals surface area contributed by atoms with Gasteiger partial charge in [0.15, 0.2) is 0 Å². The van der Waals surface area contributed by atoms with Crippen molar-refractivity contribution in [3.05, 3.63) is 40.8 Å². The van der Waals surface area contributed by atoms with E-state index in [1.165, 1.54) is 6.07 Å². The molecule has 1 aliphatic carbocycles. The van der Waals surface area contributed by atoms with E-state index in [4.69, 9.17) is 13.9 Å². The molecule has 0 spiro atoms. The van der Waals surface area contributed by atoms with Gasteiger partial charge in [-0.3, -0.25) is 4.79 Å². The predicted octanol–water partition coefficient (Wildman–Crippen LogP) is 4.71. The molecular weight excluding hydrogens is 344 g/mol. The Balaban J connectivity index is 1.57. The van der Waals surface area contributed by atoms with Gasteiger partial charge in [0.05, 0.1) is 18.6 Å². The van der Waals surface area contributed by atoms with Gasteiger partial charge >= 0.3 is 11.6 Å². The lowest BCUT2D eigenvalue weighted by Crippen LogP contribution is -2.31. The first-order chi connectivity index (χ1) is 13.1. The fourth-order valence-corrected chi connectivity index (χ4v) is 3.69. The van der Waals surface area contributed by atoms with Crippen molar-refractivity contribution in [3.8, 4) is 5.75 Å². The van der Waals surface area contributed by atoms with Crippen molar-refractivity contribution in [1.82, 2.24) is 0 Å². The summed E-state index contributed by atoms with van der Waals surface area (Å²) in [5, 5.41) is 0.863. The fourth-order valence-electron chi connectivity index (χ4n) is 3.69. The topological polar surface area (TPSA) is 65.7 Å². The Bertz CT molecular complexity index is 825. The average Bonchev–Trinajstić information content (AvgIpc) is 2.67. The van der Waals surface area contributed by atoms with Gasteiger partial charge in [-0.1, -0.05) is 19.8 Å². The summed E-state index contributed by atoms with van der Waals surface area (Å²) in [6, 6.07) is 8.63. The van der Waals surface area contributed by atoms with Crippen LogP contribution in [0.25, 0.3) is 11.0 Å². The summed E-state index contributed by atoms with van der Waals surface area (Å²) in [5.74, 6) is 0.896. The third kappa shape index (κ3) is 5.12. The number of ether oxygens (including phenoxy) is 2. The van der Waals surface area contributed by atoms with E-state index in [1.807, 2.05) is 26.0 Å². The number of carbonyl (C=O) groups excluding carboxylic acids is 1. The number of hydrogen-bond acceptors (Lipinski definition) is 5. The minimum atomic E-state index is -0.371. The summed E-state index contributed by atoms with van der Waals surface area (Å²) in [5.41, 5.74) is 0.150. The number of hydrogen-bond donors (Lipinski definition) is 0. The van der Waals surface area contributed by atoms with Crippen LogP contribution < -0.4 is 10.4 Å². The van der Waals surface area contributed by atoms with E-state index in [-0.39, 0.29) is 23.6 Å². The first kappa shape index (κ1) is 19.5. The fraction of sp³-hybridized carbons (Fsp3) is 0.545. The lowest BCUT2D eigenvalue weighted by molar-refractivity contribution is -0.156. The predicted molar refractivity (Wildman–Crippen MR) is 104 cm³/mol. The molecule has 0 radical (unpaired) electrons. The van der Waals surface area contributed by atoms with Crippen molar-refractivity contribution in [2.24, 2.45) is 11.8 Å². The van der Waals surface area contributed by atoms with Crippen LogP contribution in [0.2, 0.25) is 0 Å². The van der Waals surface area contributed by atoms with Gasteiger partial charge in [0, 0.05) is 17.5 Å². The average molecular weight is 372 g/mol. The van der Waals surface area contributed by atoms with Crippen LogP contribution in [0.5, 0.6) is 5.75 Å². The van der Waals surface area contributed by atoms with Crippen LogP contribution in [0.15, 0.2) is 39.5 Å². The molecule has 1 saturated carbocycles. The summed E-state index contributed by atoms with van der Waals surface area (Å²) in [6.07, 6.45) is 5.81. The van der Waals surface area contributed by atoms with Gasteiger partial charge in [-0.2, -0.15) is 0 Å². The first-order valence-corrected chi connectivity index (χ1v) is 9.94. The maximum absolute atomic E-state index is 12.5. The van der Waals surface area contributed by atoms with Gasteiger partial charge < -0.3 is 13.9 Å². The zero-order valence-electron chi connectivity index (χ0n) is 16.1. The zero-order valence-corrected chi connectivity index (χ0v) is 16.1. The quantitative estimate of drug-likeness (QED) is 0.520. The molecule has 0 amide bonds. The van der Waals surface area contributed by atoms with Gasteiger partial charge in [-0.25, -0.2) is 4.79 Å². The van der Waals surface area contributed by atoms with Gasteiger partial charge in [-0.05, 0) is 56.7 Å². The van der Waals surface area contributed by atoms with E-state index < -0.39 is 0 Å². The molecule has 0 aliphatic heterocycles. The lowest BCUT2D eigenvalue weighted by atomic mass is 9.77. The maximum Gasteiger partial charge on any atom is 0.336 e. The highest BCUT2D eigenvalue weighted by Gasteiger charge is 2.32. The normalized spacial score (nSPS) is 21.0. The summed E-state index contributed by atoms with van der Waals surface area (Å²) < 4.78 is 16.6. The van der Waals surface area contributed by atoms with Gasteiger partial charge in [0.25, 0.3) is 0 Å². The number of carbonyl (C=O) groups is 1. The number of benzene rings is 1. The van der Waals surface area contributed by atoms with Crippen LogP contribution >= 0.6 is 0 Å². The molecule has 5 nitrogen and oxygen atoms in total. The largest absolute Gasteiger partial charge is 0.493 e. The Hall–Kier alpha value is -2.30. The Morgan fingerprint density at radius 3 is 2.81 bits per heavy atom. The third-order valence-corrected chi connectivity index (χ3v) is 5.46. The molecule has 0 bridgehead atoms. The van der Waals surface area contributed by atoms with E-state index in [0.29, 0.717) is 23.9 Å². The first-order valence-electron chi connectivity index (χ1n) is 9.94. The molecule has 2 aromatic rings. The Morgan fingerprint density at radius 2 is 2.00 bits per heavy atom. The highest BCUT2D eigenvalue weighted by molar-refractivity contribution is 5.77. The maximum atomic E-state index is 12.5. The van der Waals surface area contributed by atoms with Gasteiger partial charge in [0.2, 0.25) is 0 Å². The molecule has 1 aliphatic rings. The number of fused-ring (bicyclic) bond motifs is 1. The van der Waals surface area contributed by atoms with Gasteiger partial charge in [-0.15, -0.1) is 0 Å². The van der Waals surface area contributed by atoms with Gasteiger partial charge in [0.1, 0.15) is 11.3 Å². The Kier molecular flexibility index (Phi) is 6.54. The Morgan fingerprint density at radius 1 is 1.22 bits per heavy atom. The second-order valence-corrected chi connectivity index (χ2v) is 7.40. The molecule has 3 unspecified atom stereocenters. The van der Waals surface area contributed by atoms with Crippen LogP contribution in [-0.4, -0.2) is 18.7 Å². The van der Waals surface area contributed by atoms with E-state index in [1.54, 1.807) is 12.1 Å². The highest BCUT2D eigenvalue weighted by atomic mass is 16.5. The minimum Gasteiger partial charge on any atom is -0.493 e. The SMILES string of the molecule is CCC(C)OC(=O)C1CCCCC1CCOc1ccc2ccc(=O)oc2c1. The highest BCUT2D eigenvalue weighted by Crippen LogP contribution is 2.34. The standard InChI is InChI=1S/C22H28O5/c1-3-15(2)26-22(24)19-7-5-4-6-16(19)12-13-25-18-10-8-17-9-11-21(23)27-20(17)14-18/h8-11,14-16,19H,3-7,12-13H2,1-2H3. The summed E-state index contributed by atoms with van der Waals surface area (Å²) in [7, 11) is 0. The molecule has 5 heteroatoms. The van der Waals surface area contributed by atoms with E-state index in [0.717, 1.165) is 43.9 Å². The summed E-state index contributed by atoms with van der Waals surface area (Å²) in [6.45, 7) is 4.49. The molecule has 1 aromatic carbocycles.